The van der Waals surface area contributed by atoms with Crippen LogP contribution in [0.15, 0.2) is 12.1 Å². The number of aromatic hydroxyl groups is 1. The Morgan fingerprint density at radius 2 is 2.07 bits per heavy atom. The van der Waals surface area contributed by atoms with Crippen LogP contribution in [0.5, 0.6) is 5.75 Å². The Bertz CT molecular complexity index is 393. The molecule has 14 heavy (non-hydrogen) atoms. The number of hydrogen-bond donors (Lipinski definition) is 1. The van der Waals surface area contributed by atoms with Gasteiger partial charge in [0.15, 0.2) is 11.6 Å². The largest absolute Gasteiger partial charge is 0.504 e. The molecule has 0 fully saturated rings. The molecule has 74 valence electrons. The molecule has 1 rings (SSSR count). The molecule has 0 saturated carbocycles. The second-order valence-electron chi connectivity index (χ2n) is 2.52. The molecule has 1 aromatic rings. The highest BCUT2D eigenvalue weighted by atomic mass is 35.5. The molecule has 0 atom stereocenters. The molecule has 1 N–H and O–H groups in total. The van der Waals surface area contributed by atoms with Gasteiger partial charge in [0.2, 0.25) is 0 Å². The molecular formula is C10H7ClF2O. The van der Waals surface area contributed by atoms with Gasteiger partial charge in [0.25, 0.3) is 0 Å². The first-order valence-corrected chi connectivity index (χ1v) is 4.41. The average molecular weight is 217 g/mol. The molecule has 1 aromatic carbocycles. The molecule has 0 bridgehead atoms. The summed E-state index contributed by atoms with van der Waals surface area (Å²) in [5.41, 5.74) is -0.0624. The molecule has 0 unspecified atom stereocenters. The summed E-state index contributed by atoms with van der Waals surface area (Å²) < 4.78 is 25.4. The van der Waals surface area contributed by atoms with Crippen LogP contribution in [-0.2, 0) is 0 Å². The van der Waals surface area contributed by atoms with E-state index >= 15 is 0 Å². The lowest BCUT2D eigenvalue weighted by molar-refractivity contribution is 0.426. The zero-order chi connectivity index (χ0) is 10.6. The molecule has 0 aliphatic rings. The third-order valence-corrected chi connectivity index (χ3v) is 1.66. The molecule has 0 heterocycles. The molecule has 1 nitrogen and oxygen atoms in total. The summed E-state index contributed by atoms with van der Waals surface area (Å²) in [4.78, 5) is 0. The fourth-order valence-electron chi connectivity index (χ4n) is 0.866. The monoisotopic (exact) mass is 216 g/mol. The van der Waals surface area contributed by atoms with Crippen molar-refractivity contribution < 1.29 is 13.9 Å². The first-order valence-electron chi connectivity index (χ1n) is 3.88. The van der Waals surface area contributed by atoms with Gasteiger partial charge in [-0.2, -0.15) is 0 Å². The van der Waals surface area contributed by atoms with Crippen LogP contribution in [0.2, 0.25) is 0 Å². The number of benzene rings is 1. The normalized spacial score (nSPS) is 9.36. The number of halogens is 3. The lowest BCUT2D eigenvalue weighted by atomic mass is 10.2. The van der Waals surface area contributed by atoms with Gasteiger partial charge in [-0.1, -0.05) is 11.8 Å². The van der Waals surface area contributed by atoms with E-state index in [0.717, 1.165) is 6.07 Å². The highest BCUT2D eigenvalue weighted by molar-refractivity contribution is 6.18. The summed E-state index contributed by atoms with van der Waals surface area (Å²) in [6, 6.07) is 1.57. The highest BCUT2D eigenvalue weighted by Gasteiger charge is 2.07. The minimum Gasteiger partial charge on any atom is -0.504 e. The van der Waals surface area contributed by atoms with Crippen LogP contribution in [0.4, 0.5) is 8.78 Å². The second kappa shape index (κ2) is 4.83. The van der Waals surface area contributed by atoms with E-state index < -0.39 is 17.4 Å². The Morgan fingerprint density at radius 3 is 2.71 bits per heavy atom. The topological polar surface area (TPSA) is 20.2 Å². The van der Waals surface area contributed by atoms with Gasteiger partial charge < -0.3 is 5.11 Å². The van der Waals surface area contributed by atoms with Gasteiger partial charge in [-0.15, -0.1) is 11.6 Å². The van der Waals surface area contributed by atoms with Gasteiger partial charge in [-0.25, -0.2) is 8.78 Å². The summed E-state index contributed by atoms with van der Waals surface area (Å²) in [5.74, 6) is 2.93. The fourth-order valence-corrected chi connectivity index (χ4v) is 0.961. The molecule has 0 aliphatic heterocycles. The van der Waals surface area contributed by atoms with E-state index in [0.29, 0.717) is 18.4 Å². The van der Waals surface area contributed by atoms with Crippen molar-refractivity contribution in [3.8, 4) is 17.6 Å². The van der Waals surface area contributed by atoms with E-state index in [1.165, 1.54) is 0 Å². The van der Waals surface area contributed by atoms with Crippen LogP contribution >= 0.6 is 11.6 Å². The maximum atomic E-state index is 12.8. The predicted molar refractivity (Wildman–Crippen MR) is 50.2 cm³/mol. The van der Waals surface area contributed by atoms with Crippen LogP contribution in [0.25, 0.3) is 0 Å². The van der Waals surface area contributed by atoms with Gasteiger partial charge >= 0.3 is 0 Å². The van der Waals surface area contributed by atoms with Gasteiger partial charge in [0.1, 0.15) is 5.82 Å². The van der Waals surface area contributed by atoms with E-state index in [2.05, 4.69) is 11.8 Å². The van der Waals surface area contributed by atoms with Crippen molar-refractivity contribution in [2.45, 2.75) is 6.42 Å². The minimum atomic E-state index is -1.01. The first-order chi connectivity index (χ1) is 6.65. The lowest BCUT2D eigenvalue weighted by Crippen LogP contribution is -1.86. The zero-order valence-electron chi connectivity index (χ0n) is 7.15. The minimum absolute atomic E-state index is 0.0624. The Kier molecular flexibility index (Phi) is 3.73. The van der Waals surface area contributed by atoms with Crippen molar-refractivity contribution in [2.75, 3.05) is 5.88 Å². The predicted octanol–water partition coefficient (Wildman–Crippen LogP) is 2.65. The summed E-state index contributed by atoms with van der Waals surface area (Å²) >= 11 is 5.36. The average Bonchev–Trinajstić information content (AvgIpc) is 2.13. The van der Waals surface area contributed by atoms with Gasteiger partial charge in [-0.3, -0.25) is 0 Å². The Labute approximate surface area is 85.3 Å². The fraction of sp³-hybridized carbons (Fsp3) is 0.200. The third kappa shape index (κ3) is 2.61. The van der Waals surface area contributed by atoms with Gasteiger partial charge in [0, 0.05) is 18.4 Å². The number of phenolic OH excluding ortho intramolecular Hbond substituents is 1. The quantitative estimate of drug-likeness (QED) is 0.565. The van der Waals surface area contributed by atoms with Crippen molar-refractivity contribution >= 4 is 11.6 Å². The molecular weight excluding hydrogens is 210 g/mol. The second-order valence-corrected chi connectivity index (χ2v) is 2.90. The van der Waals surface area contributed by atoms with Crippen molar-refractivity contribution in [3.05, 3.63) is 29.3 Å². The Morgan fingerprint density at radius 1 is 1.36 bits per heavy atom. The van der Waals surface area contributed by atoms with Crippen molar-refractivity contribution in [2.24, 2.45) is 0 Å². The van der Waals surface area contributed by atoms with E-state index in [-0.39, 0.29) is 5.56 Å². The first kappa shape index (κ1) is 10.8. The Hall–Kier alpha value is -1.27. The summed E-state index contributed by atoms with van der Waals surface area (Å²) in [7, 11) is 0. The maximum Gasteiger partial charge on any atom is 0.169 e. The highest BCUT2D eigenvalue weighted by Crippen LogP contribution is 2.21. The van der Waals surface area contributed by atoms with E-state index in [1.54, 1.807) is 0 Å². The summed E-state index contributed by atoms with van der Waals surface area (Å²) in [5, 5.41) is 9.14. The van der Waals surface area contributed by atoms with Crippen molar-refractivity contribution in [1.29, 1.82) is 0 Å². The SMILES string of the molecule is Oc1c(F)cc(F)cc1C#CCCCl. The van der Waals surface area contributed by atoms with Crippen LogP contribution in [0.1, 0.15) is 12.0 Å². The molecule has 0 spiro atoms. The molecule has 0 aliphatic carbocycles. The van der Waals surface area contributed by atoms with E-state index in [4.69, 9.17) is 16.7 Å². The smallest absolute Gasteiger partial charge is 0.169 e. The molecule has 0 aromatic heterocycles. The molecule has 0 saturated heterocycles. The van der Waals surface area contributed by atoms with Crippen molar-refractivity contribution in [1.82, 2.24) is 0 Å². The summed E-state index contributed by atoms with van der Waals surface area (Å²) in [6.07, 6.45) is 0.402. The lowest BCUT2D eigenvalue weighted by Gasteiger charge is -1.98. The van der Waals surface area contributed by atoms with Crippen LogP contribution < -0.4 is 0 Å². The molecule has 0 radical (unpaired) electrons. The number of rotatable bonds is 1. The number of hydrogen-bond acceptors (Lipinski definition) is 1. The van der Waals surface area contributed by atoms with Crippen LogP contribution in [-0.4, -0.2) is 11.0 Å². The summed E-state index contributed by atoms with van der Waals surface area (Å²) in [6.45, 7) is 0. The molecule has 4 heteroatoms. The van der Waals surface area contributed by atoms with Crippen LogP contribution in [0.3, 0.4) is 0 Å². The maximum absolute atomic E-state index is 12.8. The van der Waals surface area contributed by atoms with Gasteiger partial charge in [0.05, 0.1) is 5.56 Å². The van der Waals surface area contributed by atoms with Crippen molar-refractivity contribution in [3.63, 3.8) is 0 Å². The van der Waals surface area contributed by atoms with Crippen LogP contribution in [0, 0.1) is 23.5 Å². The zero-order valence-corrected chi connectivity index (χ0v) is 7.91. The van der Waals surface area contributed by atoms with Gasteiger partial charge in [-0.05, 0) is 6.07 Å². The molecule has 0 amide bonds. The van der Waals surface area contributed by atoms with E-state index in [1.807, 2.05) is 0 Å². The standard InChI is InChI=1S/C10H7ClF2O/c11-4-2-1-3-7-5-8(12)6-9(13)10(7)14/h5-6,14H,2,4H2. The third-order valence-electron chi connectivity index (χ3n) is 1.47. The Balaban J connectivity index is 3.04. The van der Waals surface area contributed by atoms with E-state index in [9.17, 15) is 8.78 Å². The number of phenols is 1. The number of alkyl halides is 1.